The molecule has 1 amide bonds. The van der Waals surface area contributed by atoms with Gasteiger partial charge in [0, 0.05) is 10.3 Å². The number of aromatic nitrogens is 1. The van der Waals surface area contributed by atoms with Crippen LogP contribution in [-0.4, -0.2) is 10.9 Å². The molecule has 1 rings (SSSR count). The highest BCUT2D eigenvalue weighted by atomic mass is 32.1. The Labute approximate surface area is 94.9 Å². The van der Waals surface area contributed by atoms with Gasteiger partial charge in [-0.2, -0.15) is 0 Å². The Hall–Kier alpha value is -0.900. The van der Waals surface area contributed by atoms with E-state index in [1.54, 1.807) is 11.3 Å². The van der Waals surface area contributed by atoms with Gasteiger partial charge in [-0.1, -0.05) is 20.8 Å². The zero-order valence-electron chi connectivity index (χ0n) is 9.97. The molecule has 0 fully saturated rings. The Bertz CT molecular complexity index is 344. The summed E-state index contributed by atoms with van der Waals surface area (Å²) in [5, 5.41) is 3.86. The molecule has 0 saturated carbocycles. The van der Waals surface area contributed by atoms with Crippen molar-refractivity contribution in [3.05, 3.63) is 15.6 Å². The minimum absolute atomic E-state index is 0.0630. The van der Waals surface area contributed by atoms with E-state index in [-0.39, 0.29) is 11.3 Å². The monoisotopic (exact) mass is 226 g/mol. The first kappa shape index (κ1) is 12.2. The number of carbonyl (C=O) groups is 1. The summed E-state index contributed by atoms with van der Waals surface area (Å²) >= 11 is 1.64. The summed E-state index contributed by atoms with van der Waals surface area (Å²) in [4.78, 5) is 17.2. The molecule has 0 aliphatic rings. The summed E-state index contributed by atoms with van der Waals surface area (Å²) in [5.41, 5.74) is 0.724. The zero-order valence-corrected chi connectivity index (χ0v) is 10.8. The van der Waals surface area contributed by atoms with Crippen LogP contribution in [0.1, 0.15) is 36.3 Å². The lowest BCUT2D eigenvalue weighted by atomic mass is 9.96. The fourth-order valence-electron chi connectivity index (χ4n) is 1.04. The molecule has 1 aromatic heterocycles. The molecule has 0 spiro atoms. The first-order valence-corrected chi connectivity index (χ1v) is 5.83. The van der Waals surface area contributed by atoms with E-state index in [4.69, 9.17) is 0 Å². The molecule has 0 radical (unpaired) electrons. The summed E-state index contributed by atoms with van der Waals surface area (Å²) in [6.45, 7) is 10.3. The van der Waals surface area contributed by atoms with E-state index >= 15 is 0 Å². The van der Waals surface area contributed by atoms with Crippen molar-refractivity contribution >= 4 is 17.2 Å². The van der Waals surface area contributed by atoms with Crippen molar-refractivity contribution in [3.63, 3.8) is 0 Å². The number of thiazole rings is 1. The van der Waals surface area contributed by atoms with E-state index in [1.807, 2.05) is 34.6 Å². The Balaban J connectivity index is 2.55. The SMILES string of the molecule is Cc1nc(CNC(=O)C(C)(C)C)sc1C. The van der Waals surface area contributed by atoms with Crippen LogP contribution in [0.25, 0.3) is 0 Å². The number of carbonyl (C=O) groups excluding carboxylic acids is 1. The molecule has 0 saturated heterocycles. The van der Waals surface area contributed by atoms with Crippen LogP contribution in [0.4, 0.5) is 0 Å². The second-order valence-electron chi connectivity index (χ2n) is 4.68. The first-order valence-electron chi connectivity index (χ1n) is 5.02. The van der Waals surface area contributed by atoms with Gasteiger partial charge in [-0.15, -0.1) is 11.3 Å². The molecule has 3 nitrogen and oxygen atoms in total. The maximum Gasteiger partial charge on any atom is 0.225 e. The van der Waals surface area contributed by atoms with E-state index in [1.165, 1.54) is 4.88 Å². The molecule has 0 unspecified atom stereocenters. The number of nitrogens with zero attached hydrogens (tertiary/aromatic N) is 1. The molecular formula is C11H18N2OS. The van der Waals surface area contributed by atoms with Gasteiger partial charge in [0.05, 0.1) is 12.2 Å². The smallest absolute Gasteiger partial charge is 0.225 e. The summed E-state index contributed by atoms with van der Waals surface area (Å²) in [5.74, 6) is 0.0630. The first-order chi connectivity index (χ1) is 6.80. The summed E-state index contributed by atoms with van der Waals surface area (Å²) in [7, 11) is 0. The van der Waals surface area contributed by atoms with Crippen molar-refractivity contribution < 1.29 is 4.79 Å². The lowest BCUT2D eigenvalue weighted by Gasteiger charge is -2.16. The molecule has 4 heteroatoms. The van der Waals surface area contributed by atoms with Crippen LogP contribution >= 0.6 is 11.3 Å². The van der Waals surface area contributed by atoms with Gasteiger partial charge in [-0.25, -0.2) is 4.98 Å². The van der Waals surface area contributed by atoms with Crippen molar-refractivity contribution in [2.45, 2.75) is 41.2 Å². The van der Waals surface area contributed by atoms with Crippen LogP contribution in [0.5, 0.6) is 0 Å². The summed E-state index contributed by atoms with van der Waals surface area (Å²) < 4.78 is 0. The number of hydrogen-bond acceptors (Lipinski definition) is 3. The maximum atomic E-state index is 11.6. The summed E-state index contributed by atoms with van der Waals surface area (Å²) in [6, 6.07) is 0. The van der Waals surface area contributed by atoms with Crippen molar-refractivity contribution in [2.75, 3.05) is 0 Å². The third-order valence-corrected chi connectivity index (χ3v) is 3.23. The lowest BCUT2D eigenvalue weighted by molar-refractivity contribution is -0.128. The molecule has 15 heavy (non-hydrogen) atoms. The topological polar surface area (TPSA) is 42.0 Å². The van der Waals surface area contributed by atoms with Gasteiger partial charge >= 0.3 is 0 Å². The highest BCUT2D eigenvalue weighted by Gasteiger charge is 2.20. The van der Waals surface area contributed by atoms with Gasteiger partial charge < -0.3 is 5.32 Å². The normalized spacial score (nSPS) is 11.5. The Morgan fingerprint density at radius 3 is 2.40 bits per heavy atom. The number of aryl methyl sites for hydroxylation is 2. The molecule has 0 aliphatic carbocycles. The largest absolute Gasteiger partial charge is 0.349 e. The average molecular weight is 226 g/mol. The van der Waals surface area contributed by atoms with Crippen LogP contribution in [0.3, 0.4) is 0 Å². The standard InChI is InChI=1S/C11H18N2OS/c1-7-8(2)15-9(13-7)6-12-10(14)11(3,4)5/h6H2,1-5H3,(H,12,14). The highest BCUT2D eigenvalue weighted by Crippen LogP contribution is 2.17. The maximum absolute atomic E-state index is 11.6. The van der Waals surface area contributed by atoms with Gasteiger partial charge in [0.2, 0.25) is 5.91 Å². The third-order valence-electron chi connectivity index (χ3n) is 2.15. The average Bonchev–Trinajstić information content (AvgIpc) is 2.41. The van der Waals surface area contributed by atoms with Gasteiger partial charge in [-0.3, -0.25) is 4.79 Å². The lowest BCUT2D eigenvalue weighted by Crippen LogP contribution is -2.34. The molecule has 84 valence electrons. The second kappa shape index (κ2) is 4.31. The fourth-order valence-corrected chi connectivity index (χ4v) is 1.91. The number of amides is 1. The van der Waals surface area contributed by atoms with Crippen LogP contribution in [0.15, 0.2) is 0 Å². The molecular weight excluding hydrogens is 208 g/mol. The van der Waals surface area contributed by atoms with Gasteiger partial charge in [-0.05, 0) is 13.8 Å². The predicted octanol–water partition coefficient (Wildman–Crippen LogP) is 2.42. The zero-order chi connectivity index (χ0) is 11.6. The van der Waals surface area contributed by atoms with Crippen molar-refractivity contribution in [1.29, 1.82) is 0 Å². The number of hydrogen-bond donors (Lipinski definition) is 1. The van der Waals surface area contributed by atoms with E-state index in [0.29, 0.717) is 6.54 Å². The minimum atomic E-state index is -0.332. The van der Waals surface area contributed by atoms with E-state index < -0.39 is 0 Å². The Kier molecular flexibility index (Phi) is 3.50. The van der Waals surface area contributed by atoms with Gasteiger partial charge in [0.1, 0.15) is 5.01 Å². The van der Waals surface area contributed by atoms with Crippen LogP contribution in [0.2, 0.25) is 0 Å². The quantitative estimate of drug-likeness (QED) is 0.841. The predicted molar refractivity (Wildman–Crippen MR) is 62.9 cm³/mol. The van der Waals surface area contributed by atoms with Crippen LogP contribution in [-0.2, 0) is 11.3 Å². The van der Waals surface area contributed by atoms with Crippen molar-refractivity contribution in [3.8, 4) is 0 Å². The number of rotatable bonds is 2. The van der Waals surface area contributed by atoms with Crippen LogP contribution in [0, 0.1) is 19.3 Å². The second-order valence-corrected chi connectivity index (χ2v) is 5.97. The van der Waals surface area contributed by atoms with E-state index in [0.717, 1.165) is 10.7 Å². The van der Waals surface area contributed by atoms with E-state index in [9.17, 15) is 4.79 Å². The van der Waals surface area contributed by atoms with Gasteiger partial charge in [0.25, 0.3) is 0 Å². The minimum Gasteiger partial charge on any atom is -0.349 e. The summed E-state index contributed by atoms with van der Waals surface area (Å²) in [6.07, 6.45) is 0. The highest BCUT2D eigenvalue weighted by molar-refractivity contribution is 7.11. The Morgan fingerprint density at radius 1 is 1.40 bits per heavy atom. The van der Waals surface area contributed by atoms with Crippen molar-refractivity contribution in [2.24, 2.45) is 5.41 Å². The molecule has 0 atom stereocenters. The molecule has 0 bridgehead atoms. The fraction of sp³-hybridized carbons (Fsp3) is 0.636. The molecule has 1 aromatic rings. The molecule has 0 aliphatic heterocycles. The van der Waals surface area contributed by atoms with Crippen LogP contribution < -0.4 is 5.32 Å². The van der Waals surface area contributed by atoms with Crippen molar-refractivity contribution in [1.82, 2.24) is 10.3 Å². The third kappa shape index (κ3) is 3.30. The molecule has 1 N–H and O–H groups in total. The van der Waals surface area contributed by atoms with Gasteiger partial charge in [0.15, 0.2) is 0 Å². The number of nitrogens with one attached hydrogen (secondary N) is 1. The molecule has 1 heterocycles. The van der Waals surface area contributed by atoms with E-state index in [2.05, 4.69) is 10.3 Å². The molecule has 0 aromatic carbocycles. The Morgan fingerprint density at radius 2 is 2.00 bits per heavy atom.